The second-order valence-electron chi connectivity index (χ2n) is 7.58. The van der Waals surface area contributed by atoms with Crippen molar-refractivity contribution in [1.29, 1.82) is 0 Å². The maximum atomic E-state index is 15.2. The van der Waals surface area contributed by atoms with Crippen LogP contribution in [0.2, 0.25) is 0 Å². The minimum atomic E-state index is -4.27. The molecule has 1 N–H and O–H groups in total. The van der Waals surface area contributed by atoms with Crippen molar-refractivity contribution < 1.29 is 21.2 Å². The zero-order chi connectivity index (χ0) is 22.4. The van der Waals surface area contributed by atoms with E-state index in [-0.39, 0.29) is 16.2 Å². The second kappa shape index (κ2) is 10.5. The third-order valence-electron chi connectivity index (χ3n) is 4.95. The highest BCUT2D eigenvalue weighted by molar-refractivity contribution is 7.94. The highest BCUT2D eigenvalue weighted by atomic mass is 32.2. The van der Waals surface area contributed by atoms with Crippen molar-refractivity contribution in [2.24, 2.45) is 0 Å². The van der Waals surface area contributed by atoms with Crippen molar-refractivity contribution in [3.63, 3.8) is 0 Å². The fraction of sp³-hybridized carbons (Fsp3) is 0.455. The Morgan fingerprint density at radius 3 is 1.80 bits per heavy atom. The molecule has 0 aliphatic heterocycles. The summed E-state index contributed by atoms with van der Waals surface area (Å²) in [5.41, 5.74) is 1.71. The molecule has 30 heavy (non-hydrogen) atoms. The third-order valence-corrected chi connectivity index (χ3v) is 8.57. The van der Waals surface area contributed by atoms with Crippen molar-refractivity contribution >= 4 is 19.9 Å². The molecule has 0 amide bonds. The number of sulfonamides is 1. The van der Waals surface area contributed by atoms with Crippen LogP contribution in [-0.4, -0.2) is 28.4 Å². The number of alkyl halides is 1. The quantitative estimate of drug-likeness (QED) is 0.499. The smallest absolute Gasteiger partial charge is 0.241 e. The molecule has 0 unspecified atom stereocenters. The molecule has 166 valence electrons. The fourth-order valence-electron chi connectivity index (χ4n) is 3.06. The number of rotatable bonds is 11. The van der Waals surface area contributed by atoms with Crippen LogP contribution in [0.25, 0.3) is 0 Å². The molecule has 2 aromatic carbocycles. The minimum absolute atomic E-state index is 0.0355. The summed E-state index contributed by atoms with van der Waals surface area (Å²) < 4.78 is 69.3. The number of unbranched alkanes of at least 4 members (excludes halogenated alkanes) is 3. The van der Waals surface area contributed by atoms with Crippen molar-refractivity contribution in [3.8, 4) is 0 Å². The summed E-state index contributed by atoms with van der Waals surface area (Å²) >= 11 is 0. The van der Waals surface area contributed by atoms with Gasteiger partial charge in [0.25, 0.3) is 0 Å². The Morgan fingerprint density at radius 1 is 0.800 bits per heavy atom. The van der Waals surface area contributed by atoms with Crippen LogP contribution in [0.4, 0.5) is 4.39 Å². The lowest BCUT2D eigenvalue weighted by Crippen LogP contribution is -2.47. The molecule has 0 bridgehead atoms. The van der Waals surface area contributed by atoms with E-state index in [0.717, 1.165) is 30.4 Å². The summed E-state index contributed by atoms with van der Waals surface area (Å²) in [7, 11) is -8.50. The molecule has 2 rings (SSSR count). The Balaban J connectivity index is 2.37. The van der Waals surface area contributed by atoms with Crippen molar-refractivity contribution in [1.82, 2.24) is 4.72 Å². The SMILES string of the molecule is CCCCCC[C@@H](F)[C@H](NS(=O)(=O)c1ccc(C)cc1)S(=O)(=O)c1ccc(C)cc1. The van der Waals surface area contributed by atoms with Crippen molar-refractivity contribution in [2.45, 2.75) is 74.2 Å². The summed E-state index contributed by atoms with van der Waals surface area (Å²) in [5, 5.41) is -1.90. The lowest BCUT2D eigenvalue weighted by molar-refractivity contribution is 0.283. The normalized spacial score (nSPS) is 14.4. The first-order chi connectivity index (χ1) is 14.1. The molecular formula is C22H30FNO4S2. The summed E-state index contributed by atoms with van der Waals surface area (Å²) in [6.45, 7) is 5.63. The van der Waals surface area contributed by atoms with Gasteiger partial charge in [0.1, 0.15) is 6.17 Å². The molecule has 0 spiro atoms. The van der Waals surface area contributed by atoms with Gasteiger partial charge in [-0.2, -0.15) is 4.72 Å². The molecule has 0 heterocycles. The minimum Gasteiger partial charge on any atom is -0.245 e. The molecular weight excluding hydrogens is 425 g/mol. The average molecular weight is 456 g/mol. The van der Waals surface area contributed by atoms with Gasteiger partial charge in [-0.05, 0) is 44.5 Å². The van der Waals surface area contributed by atoms with Gasteiger partial charge in [-0.25, -0.2) is 21.2 Å². The zero-order valence-electron chi connectivity index (χ0n) is 17.6. The van der Waals surface area contributed by atoms with Crippen LogP contribution in [0.1, 0.15) is 50.2 Å². The first kappa shape index (κ1) is 24.5. The van der Waals surface area contributed by atoms with E-state index >= 15 is 4.39 Å². The highest BCUT2D eigenvalue weighted by Crippen LogP contribution is 2.24. The average Bonchev–Trinajstić information content (AvgIpc) is 2.70. The largest absolute Gasteiger partial charge is 0.245 e. The predicted molar refractivity (Wildman–Crippen MR) is 117 cm³/mol. The number of halogens is 1. The summed E-state index contributed by atoms with van der Waals surface area (Å²) in [5.74, 6) is 0. The van der Waals surface area contributed by atoms with Gasteiger partial charge in [-0.15, -0.1) is 0 Å². The highest BCUT2D eigenvalue weighted by Gasteiger charge is 2.38. The van der Waals surface area contributed by atoms with E-state index in [4.69, 9.17) is 0 Å². The maximum absolute atomic E-state index is 15.2. The number of aryl methyl sites for hydroxylation is 2. The number of benzene rings is 2. The molecule has 0 saturated carbocycles. The number of sulfone groups is 1. The Bertz CT molecular complexity index is 1020. The molecule has 0 aliphatic carbocycles. The lowest BCUT2D eigenvalue weighted by atomic mass is 10.1. The van der Waals surface area contributed by atoms with Crippen LogP contribution in [0.5, 0.6) is 0 Å². The molecule has 2 aromatic rings. The van der Waals surface area contributed by atoms with Gasteiger partial charge in [0.05, 0.1) is 9.79 Å². The van der Waals surface area contributed by atoms with Crippen LogP contribution in [0.15, 0.2) is 58.3 Å². The summed E-state index contributed by atoms with van der Waals surface area (Å²) in [4.78, 5) is -0.212. The summed E-state index contributed by atoms with van der Waals surface area (Å²) in [6, 6.07) is 11.9. The van der Waals surface area contributed by atoms with Crippen LogP contribution in [0, 0.1) is 13.8 Å². The molecule has 0 radical (unpaired) electrons. The first-order valence-corrected chi connectivity index (χ1v) is 13.1. The third kappa shape index (κ3) is 6.36. The van der Waals surface area contributed by atoms with Gasteiger partial charge in [0.2, 0.25) is 10.0 Å². The molecule has 0 saturated heterocycles. The lowest BCUT2D eigenvalue weighted by Gasteiger charge is -2.23. The molecule has 5 nitrogen and oxygen atoms in total. The van der Waals surface area contributed by atoms with Crippen molar-refractivity contribution in [3.05, 3.63) is 59.7 Å². The number of nitrogens with one attached hydrogen (secondary N) is 1. The monoisotopic (exact) mass is 455 g/mol. The number of hydrogen-bond donors (Lipinski definition) is 1. The van der Waals surface area contributed by atoms with Gasteiger partial charge < -0.3 is 0 Å². The van der Waals surface area contributed by atoms with Crippen molar-refractivity contribution in [2.75, 3.05) is 0 Å². The van der Waals surface area contributed by atoms with Crippen LogP contribution in [-0.2, 0) is 19.9 Å². The maximum Gasteiger partial charge on any atom is 0.241 e. The topological polar surface area (TPSA) is 80.3 Å². The molecule has 2 atom stereocenters. The molecule has 0 fully saturated rings. The zero-order valence-corrected chi connectivity index (χ0v) is 19.3. The Labute approximate surface area is 179 Å². The predicted octanol–water partition coefficient (Wildman–Crippen LogP) is 4.69. The van der Waals surface area contributed by atoms with E-state index in [1.807, 2.05) is 13.8 Å². The Hall–Kier alpha value is -1.77. The van der Waals surface area contributed by atoms with E-state index < -0.39 is 31.4 Å². The van der Waals surface area contributed by atoms with Crippen LogP contribution < -0.4 is 4.72 Å². The Morgan fingerprint density at radius 2 is 1.30 bits per heavy atom. The standard InChI is InChI=1S/C22H30FNO4S2/c1-4-5-6-7-8-21(23)22(29(25,26)19-13-9-17(2)10-14-19)24-30(27,28)20-15-11-18(3)12-16-20/h9-16,21-22,24H,4-8H2,1-3H3/t21-,22-/m1/s1. The molecule has 8 heteroatoms. The second-order valence-corrected chi connectivity index (χ2v) is 11.4. The van der Waals surface area contributed by atoms with Gasteiger partial charge in [-0.1, -0.05) is 68.0 Å². The first-order valence-electron chi connectivity index (χ1n) is 10.1. The molecule has 0 aliphatic rings. The fourth-order valence-corrected chi connectivity index (χ4v) is 6.37. The molecule has 0 aromatic heterocycles. The van der Waals surface area contributed by atoms with Gasteiger partial charge >= 0.3 is 0 Å². The van der Waals surface area contributed by atoms with E-state index in [2.05, 4.69) is 4.72 Å². The summed E-state index contributed by atoms with van der Waals surface area (Å²) in [6.07, 6.45) is 1.22. The van der Waals surface area contributed by atoms with Crippen LogP contribution in [0.3, 0.4) is 0 Å². The van der Waals surface area contributed by atoms with Gasteiger partial charge in [0.15, 0.2) is 15.2 Å². The van der Waals surface area contributed by atoms with Gasteiger partial charge in [-0.3, -0.25) is 0 Å². The number of hydrogen-bond acceptors (Lipinski definition) is 4. The van der Waals surface area contributed by atoms with E-state index in [1.165, 1.54) is 24.3 Å². The van der Waals surface area contributed by atoms with Gasteiger partial charge in [0, 0.05) is 0 Å². The van der Waals surface area contributed by atoms with E-state index in [1.54, 1.807) is 31.2 Å². The van der Waals surface area contributed by atoms with E-state index in [9.17, 15) is 16.8 Å². The van der Waals surface area contributed by atoms with Crippen LogP contribution >= 0.6 is 0 Å². The van der Waals surface area contributed by atoms with E-state index in [0.29, 0.717) is 6.42 Å². The Kier molecular flexibility index (Phi) is 8.58.